The van der Waals surface area contributed by atoms with Crippen molar-refractivity contribution in [3.63, 3.8) is 0 Å². The van der Waals surface area contributed by atoms with Crippen molar-refractivity contribution < 1.29 is 9.59 Å². The molecular formula is C23H22N2O2. The summed E-state index contributed by atoms with van der Waals surface area (Å²) in [4.78, 5) is 26.2. The van der Waals surface area contributed by atoms with Crippen LogP contribution in [-0.2, 0) is 11.2 Å². The lowest BCUT2D eigenvalue weighted by Crippen LogP contribution is -2.27. The Morgan fingerprint density at radius 1 is 1.04 bits per heavy atom. The van der Waals surface area contributed by atoms with Gasteiger partial charge in [0.15, 0.2) is 0 Å². The molecule has 0 aromatic heterocycles. The van der Waals surface area contributed by atoms with Crippen LogP contribution in [0.3, 0.4) is 0 Å². The maximum absolute atomic E-state index is 12.8. The van der Waals surface area contributed by atoms with E-state index in [0.717, 1.165) is 34.0 Å². The number of amides is 2. The molecule has 0 aliphatic carbocycles. The number of nitrogens with zero attached hydrogens (tertiary/aromatic N) is 1. The first-order valence-electron chi connectivity index (χ1n) is 9.24. The van der Waals surface area contributed by atoms with Crippen molar-refractivity contribution in [2.75, 3.05) is 11.4 Å². The zero-order chi connectivity index (χ0) is 19.0. The second-order valence-electron chi connectivity index (χ2n) is 7.03. The number of rotatable bonds is 3. The number of carbonyl (C=O) groups excluding carboxylic acids is 2. The van der Waals surface area contributed by atoms with Crippen LogP contribution in [0.15, 0.2) is 60.7 Å². The van der Waals surface area contributed by atoms with E-state index in [9.17, 15) is 9.59 Å². The van der Waals surface area contributed by atoms with Gasteiger partial charge in [-0.1, -0.05) is 42.5 Å². The highest BCUT2D eigenvalue weighted by atomic mass is 16.2. The summed E-state index contributed by atoms with van der Waals surface area (Å²) in [6.45, 7) is 4.26. The van der Waals surface area contributed by atoms with Crippen LogP contribution in [-0.4, -0.2) is 18.4 Å². The maximum Gasteiger partial charge on any atom is 0.251 e. The summed E-state index contributed by atoms with van der Waals surface area (Å²) in [6, 6.07) is 19.8. The highest BCUT2D eigenvalue weighted by Gasteiger charge is 2.23. The molecule has 0 spiro atoms. The molecule has 3 aromatic rings. The lowest BCUT2D eigenvalue weighted by molar-refractivity contribution is -0.116. The molecule has 27 heavy (non-hydrogen) atoms. The SMILES string of the molecule is CC(=O)N1CCc2cc(C(=O)NC(C)c3cccc4ccccc34)ccc21. The molecule has 1 heterocycles. The first kappa shape index (κ1) is 17.3. The fourth-order valence-corrected chi connectivity index (χ4v) is 3.86. The summed E-state index contributed by atoms with van der Waals surface area (Å²) in [5.41, 5.74) is 3.70. The van der Waals surface area contributed by atoms with Crippen molar-refractivity contribution in [1.29, 1.82) is 0 Å². The molecule has 0 fully saturated rings. The normalized spacial score (nSPS) is 14.1. The van der Waals surface area contributed by atoms with Crippen LogP contribution in [0.25, 0.3) is 10.8 Å². The number of nitrogens with one attached hydrogen (secondary N) is 1. The minimum absolute atomic E-state index is 0.0375. The fourth-order valence-electron chi connectivity index (χ4n) is 3.86. The van der Waals surface area contributed by atoms with Gasteiger partial charge in [0.1, 0.15) is 0 Å². The van der Waals surface area contributed by atoms with Gasteiger partial charge in [-0.3, -0.25) is 9.59 Å². The van der Waals surface area contributed by atoms with Crippen molar-refractivity contribution in [2.45, 2.75) is 26.3 Å². The zero-order valence-electron chi connectivity index (χ0n) is 15.5. The Morgan fingerprint density at radius 3 is 2.63 bits per heavy atom. The molecule has 2 amide bonds. The molecule has 3 aromatic carbocycles. The number of anilines is 1. The Kier molecular flexibility index (Phi) is 4.40. The third kappa shape index (κ3) is 3.19. The Labute approximate surface area is 158 Å². The van der Waals surface area contributed by atoms with Gasteiger partial charge in [-0.2, -0.15) is 0 Å². The molecule has 1 aliphatic heterocycles. The summed E-state index contributed by atoms with van der Waals surface area (Å²) in [5.74, 6) is -0.0601. The van der Waals surface area contributed by atoms with Gasteiger partial charge in [-0.15, -0.1) is 0 Å². The topological polar surface area (TPSA) is 49.4 Å². The molecule has 1 N–H and O–H groups in total. The lowest BCUT2D eigenvalue weighted by atomic mass is 9.99. The number of carbonyl (C=O) groups is 2. The van der Waals surface area contributed by atoms with Gasteiger partial charge in [0.2, 0.25) is 5.91 Å². The minimum Gasteiger partial charge on any atom is -0.345 e. The second-order valence-corrected chi connectivity index (χ2v) is 7.03. The van der Waals surface area contributed by atoms with Crippen molar-refractivity contribution in [3.05, 3.63) is 77.4 Å². The molecule has 136 valence electrons. The van der Waals surface area contributed by atoms with Crippen LogP contribution in [0.1, 0.15) is 41.4 Å². The molecular weight excluding hydrogens is 336 g/mol. The lowest BCUT2D eigenvalue weighted by Gasteiger charge is -2.18. The summed E-state index contributed by atoms with van der Waals surface area (Å²) >= 11 is 0. The largest absolute Gasteiger partial charge is 0.345 e. The zero-order valence-corrected chi connectivity index (χ0v) is 15.5. The van der Waals surface area contributed by atoms with E-state index < -0.39 is 0 Å². The van der Waals surface area contributed by atoms with Crippen LogP contribution < -0.4 is 10.2 Å². The fraction of sp³-hybridized carbons (Fsp3) is 0.217. The second kappa shape index (κ2) is 6.88. The van der Waals surface area contributed by atoms with Gasteiger partial charge in [0.25, 0.3) is 5.91 Å². The standard InChI is InChI=1S/C23H22N2O2/c1-15(20-9-5-7-17-6-3-4-8-21(17)20)24-23(27)19-10-11-22-18(14-19)12-13-25(22)16(2)26/h3-11,14-15H,12-13H2,1-2H3,(H,24,27). The van der Waals surface area contributed by atoms with E-state index in [1.54, 1.807) is 17.9 Å². The molecule has 1 aliphatic rings. The van der Waals surface area contributed by atoms with E-state index in [4.69, 9.17) is 0 Å². The monoisotopic (exact) mass is 358 g/mol. The van der Waals surface area contributed by atoms with E-state index in [0.29, 0.717) is 12.1 Å². The third-order valence-electron chi connectivity index (χ3n) is 5.25. The van der Waals surface area contributed by atoms with Crippen molar-refractivity contribution >= 4 is 28.3 Å². The predicted octanol–water partition coefficient (Wildman–Crippen LogP) is 4.24. The quantitative estimate of drug-likeness (QED) is 0.761. The molecule has 1 atom stereocenters. The molecule has 1 unspecified atom stereocenters. The number of hydrogen-bond acceptors (Lipinski definition) is 2. The highest BCUT2D eigenvalue weighted by Crippen LogP contribution is 2.29. The van der Waals surface area contributed by atoms with Gasteiger partial charge in [0, 0.05) is 24.7 Å². The van der Waals surface area contributed by atoms with Crippen molar-refractivity contribution in [2.24, 2.45) is 0 Å². The maximum atomic E-state index is 12.8. The molecule has 0 saturated heterocycles. The Balaban J connectivity index is 1.56. The van der Waals surface area contributed by atoms with E-state index in [-0.39, 0.29) is 17.9 Å². The number of hydrogen-bond donors (Lipinski definition) is 1. The van der Waals surface area contributed by atoms with Crippen LogP contribution in [0.4, 0.5) is 5.69 Å². The van der Waals surface area contributed by atoms with Gasteiger partial charge >= 0.3 is 0 Å². The summed E-state index contributed by atoms with van der Waals surface area (Å²) in [5, 5.41) is 5.43. The van der Waals surface area contributed by atoms with Crippen LogP contribution in [0.2, 0.25) is 0 Å². The van der Waals surface area contributed by atoms with E-state index in [1.807, 2.05) is 37.3 Å². The van der Waals surface area contributed by atoms with Gasteiger partial charge in [-0.05, 0) is 53.4 Å². The summed E-state index contributed by atoms with van der Waals surface area (Å²) < 4.78 is 0. The van der Waals surface area contributed by atoms with Crippen molar-refractivity contribution in [3.8, 4) is 0 Å². The number of benzene rings is 3. The smallest absolute Gasteiger partial charge is 0.251 e. The summed E-state index contributed by atoms with van der Waals surface area (Å²) in [7, 11) is 0. The average Bonchev–Trinajstić information content (AvgIpc) is 3.11. The minimum atomic E-state index is -0.106. The van der Waals surface area contributed by atoms with Crippen LogP contribution in [0.5, 0.6) is 0 Å². The third-order valence-corrected chi connectivity index (χ3v) is 5.25. The van der Waals surface area contributed by atoms with Crippen LogP contribution in [0, 0.1) is 0 Å². The van der Waals surface area contributed by atoms with Crippen molar-refractivity contribution in [1.82, 2.24) is 5.32 Å². The molecule has 0 bridgehead atoms. The van der Waals surface area contributed by atoms with Gasteiger partial charge in [-0.25, -0.2) is 0 Å². The van der Waals surface area contributed by atoms with E-state index in [2.05, 4.69) is 29.6 Å². The van der Waals surface area contributed by atoms with E-state index >= 15 is 0 Å². The Morgan fingerprint density at radius 2 is 1.81 bits per heavy atom. The first-order valence-corrected chi connectivity index (χ1v) is 9.24. The van der Waals surface area contributed by atoms with E-state index in [1.165, 1.54) is 0 Å². The van der Waals surface area contributed by atoms with Gasteiger partial charge in [0.05, 0.1) is 6.04 Å². The van der Waals surface area contributed by atoms with Gasteiger partial charge < -0.3 is 10.2 Å². The molecule has 4 rings (SSSR count). The molecule has 0 saturated carbocycles. The average molecular weight is 358 g/mol. The molecule has 0 radical (unpaired) electrons. The highest BCUT2D eigenvalue weighted by molar-refractivity contribution is 5.98. The van der Waals surface area contributed by atoms with Crippen LogP contribution >= 0.6 is 0 Å². The Hall–Kier alpha value is -3.14. The first-order chi connectivity index (χ1) is 13.0. The Bertz CT molecular complexity index is 1040. The summed E-state index contributed by atoms with van der Waals surface area (Å²) in [6.07, 6.45) is 0.787. The molecule has 4 nitrogen and oxygen atoms in total. The molecule has 4 heteroatoms. The number of fused-ring (bicyclic) bond motifs is 2. The predicted molar refractivity (Wildman–Crippen MR) is 108 cm³/mol.